The molecule has 4 nitrogen and oxygen atoms in total. The first-order valence-corrected chi connectivity index (χ1v) is 6.83. The number of anilines is 1. The third kappa shape index (κ3) is 4.46. The second kappa shape index (κ2) is 7.15. The van der Waals surface area contributed by atoms with Gasteiger partial charge in [-0.3, -0.25) is 0 Å². The second-order valence-corrected chi connectivity index (χ2v) is 5.01. The molecule has 2 unspecified atom stereocenters. The minimum absolute atomic E-state index is 0.0740. The van der Waals surface area contributed by atoms with Gasteiger partial charge in [-0.1, -0.05) is 12.1 Å². The molecule has 0 radical (unpaired) electrons. The van der Waals surface area contributed by atoms with Crippen molar-refractivity contribution in [2.75, 3.05) is 5.32 Å². The number of rotatable bonds is 4. The summed E-state index contributed by atoms with van der Waals surface area (Å²) in [6.07, 6.45) is -1.05. The Balaban J connectivity index is 1.95. The maximum absolute atomic E-state index is 13.1. The van der Waals surface area contributed by atoms with Crippen LogP contribution in [-0.4, -0.2) is 17.2 Å². The molecule has 0 aliphatic heterocycles. The Labute approximate surface area is 131 Å². The Bertz CT molecular complexity index is 692. The standard InChI is InChI=1S/C16H15F3N2O2/c1-9(15(22)10-2-4-11(17)5-3-10)20-16(23)21-12-6-7-13(18)14(19)8-12/h2-9,15,22H,1H3,(H2,20,21,23). The molecular formula is C16H15F3N2O2. The number of carbonyl (C=O) groups is 1. The first-order chi connectivity index (χ1) is 10.9. The molecule has 3 N–H and O–H groups in total. The van der Waals surface area contributed by atoms with E-state index in [0.717, 1.165) is 12.1 Å². The van der Waals surface area contributed by atoms with E-state index in [1.807, 2.05) is 0 Å². The molecule has 2 rings (SSSR count). The predicted molar refractivity (Wildman–Crippen MR) is 79.3 cm³/mol. The Morgan fingerprint density at radius 1 is 1.04 bits per heavy atom. The molecule has 0 heterocycles. The fourth-order valence-electron chi connectivity index (χ4n) is 1.98. The smallest absolute Gasteiger partial charge is 0.319 e. The Kier molecular flexibility index (Phi) is 5.23. The number of amides is 2. The topological polar surface area (TPSA) is 61.4 Å². The van der Waals surface area contributed by atoms with Gasteiger partial charge in [0.2, 0.25) is 0 Å². The van der Waals surface area contributed by atoms with Gasteiger partial charge in [0.25, 0.3) is 0 Å². The number of benzene rings is 2. The van der Waals surface area contributed by atoms with Crippen LogP contribution in [-0.2, 0) is 0 Å². The fourth-order valence-corrected chi connectivity index (χ4v) is 1.98. The van der Waals surface area contributed by atoms with E-state index in [1.54, 1.807) is 6.92 Å². The van der Waals surface area contributed by atoms with Gasteiger partial charge in [-0.25, -0.2) is 18.0 Å². The van der Waals surface area contributed by atoms with Crippen molar-refractivity contribution in [3.8, 4) is 0 Å². The molecular weight excluding hydrogens is 309 g/mol. The van der Waals surface area contributed by atoms with Crippen LogP contribution < -0.4 is 10.6 Å². The Hall–Kier alpha value is -2.54. The number of aliphatic hydroxyl groups excluding tert-OH is 1. The highest BCUT2D eigenvalue weighted by Crippen LogP contribution is 2.18. The SMILES string of the molecule is CC(NC(=O)Nc1ccc(F)c(F)c1)C(O)c1ccc(F)cc1. The van der Waals surface area contributed by atoms with E-state index in [4.69, 9.17) is 0 Å². The molecule has 122 valence electrons. The molecule has 0 fully saturated rings. The quantitative estimate of drug-likeness (QED) is 0.808. The minimum Gasteiger partial charge on any atom is -0.386 e. The highest BCUT2D eigenvalue weighted by molar-refractivity contribution is 5.89. The molecule has 0 aliphatic rings. The van der Waals surface area contributed by atoms with Crippen molar-refractivity contribution in [1.82, 2.24) is 5.32 Å². The van der Waals surface area contributed by atoms with Crippen molar-refractivity contribution in [2.45, 2.75) is 19.1 Å². The van der Waals surface area contributed by atoms with Gasteiger partial charge in [0.05, 0.1) is 12.1 Å². The van der Waals surface area contributed by atoms with E-state index in [1.165, 1.54) is 30.3 Å². The van der Waals surface area contributed by atoms with Crippen molar-refractivity contribution < 1.29 is 23.1 Å². The van der Waals surface area contributed by atoms with Gasteiger partial charge in [-0.2, -0.15) is 0 Å². The summed E-state index contributed by atoms with van der Waals surface area (Å²) in [4.78, 5) is 11.8. The molecule has 2 aromatic rings. The number of carbonyl (C=O) groups excluding carboxylic acids is 1. The first kappa shape index (κ1) is 16.8. The van der Waals surface area contributed by atoms with E-state index < -0.39 is 35.6 Å². The van der Waals surface area contributed by atoms with Gasteiger partial charge in [0.1, 0.15) is 5.82 Å². The fraction of sp³-hybridized carbons (Fsp3) is 0.188. The first-order valence-electron chi connectivity index (χ1n) is 6.83. The van der Waals surface area contributed by atoms with Gasteiger partial charge in [-0.05, 0) is 36.8 Å². The van der Waals surface area contributed by atoms with Crippen molar-refractivity contribution in [3.05, 3.63) is 65.5 Å². The molecule has 2 atom stereocenters. The molecule has 2 amide bonds. The number of hydrogen-bond donors (Lipinski definition) is 3. The lowest BCUT2D eigenvalue weighted by molar-refractivity contribution is 0.139. The van der Waals surface area contributed by atoms with Crippen LogP contribution in [0.4, 0.5) is 23.7 Å². The molecule has 0 bridgehead atoms. The third-order valence-electron chi connectivity index (χ3n) is 3.22. The maximum atomic E-state index is 13.1. The van der Waals surface area contributed by atoms with Crippen LogP contribution >= 0.6 is 0 Å². The average Bonchev–Trinajstić information content (AvgIpc) is 2.51. The zero-order valence-corrected chi connectivity index (χ0v) is 12.2. The van der Waals surface area contributed by atoms with E-state index in [-0.39, 0.29) is 5.69 Å². The van der Waals surface area contributed by atoms with Crippen LogP contribution in [0.5, 0.6) is 0 Å². The van der Waals surface area contributed by atoms with Crippen LogP contribution in [0.15, 0.2) is 42.5 Å². The van der Waals surface area contributed by atoms with E-state index in [0.29, 0.717) is 5.56 Å². The summed E-state index contributed by atoms with van der Waals surface area (Å²) in [5.74, 6) is -2.53. The summed E-state index contributed by atoms with van der Waals surface area (Å²) in [6.45, 7) is 1.55. The van der Waals surface area contributed by atoms with Crippen LogP contribution in [0, 0.1) is 17.5 Å². The van der Waals surface area contributed by atoms with Crippen LogP contribution in [0.3, 0.4) is 0 Å². The summed E-state index contributed by atoms with van der Waals surface area (Å²) < 4.78 is 38.7. The summed E-state index contributed by atoms with van der Waals surface area (Å²) in [6, 6.07) is 6.78. The van der Waals surface area contributed by atoms with Gasteiger partial charge in [-0.15, -0.1) is 0 Å². The number of urea groups is 1. The normalized spacial score (nSPS) is 13.3. The monoisotopic (exact) mass is 324 g/mol. The number of hydrogen-bond acceptors (Lipinski definition) is 2. The molecule has 7 heteroatoms. The van der Waals surface area contributed by atoms with E-state index in [9.17, 15) is 23.1 Å². The van der Waals surface area contributed by atoms with Crippen LogP contribution in [0.25, 0.3) is 0 Å². The largest absolute Gasteiger partial charge is 0.386 e. The lowest BCUT2D eigenvalue weighted by Crippen LogP contribution is -2.39. The highest BCUT2D eigenvalue weighted by atomic mass is 19.2. The van der Waals surface area contributed by atoms with Crippen molar-refractivity contribution in [2.24, 2.45) is 0 Å². The predicted octanol–water partition coefficient (Wildman–Crippen LogP) is 3.35. The summed E-state index contributed by atoms with van der Waals surface area (Å²) in [5, 5.41) is 14.9. The lowest BCUT2D eigenvalue weighted by atomic mass is 10.0. The highest BCUT2D eigenvalue weighted by Gasteiger charge is 2.18. The minimum atomic E-state index is -1.08. The van der Waals surface area contributed by atoms with Crippen molar-refractivity contribution in [1.29, 1.82) is 0 Å². The van der Waals surface area contributed by atoms with E-state index in [2.05, 4.69) is 10.6 Å². The van der Waals surface area contributed by atoms with Crippen LogP contribution in [0.2, 0.25) is 0 Å². The van der Waals surface area contributed by atoms with Gasteiger partial charge >= 0.3 is 6.03 Å². The lowest BCUT2D eigenvalue weighted by Gasteiger charge is -2.21. The molecule has 0 saturated carbocycles. The molecule has 0 spiro atoms. The summed E-state index contributed by atoms with van der Waals surface area (Å²) >= 11 is 0. The van der Waals surface area contributed by atoms with Gasteiger partial charge < -0.3 is 15.7 Å². The zero-order chi connectivity index (χ0) is 17.0. The summed E-state index contributed by atoms with van der Waals surface area (Å²) in [7, 11) is 0. The van der Waals surface area contributed by atoms with Crippen molar-refractivity contribution >= 4 is 11.7 Å². The summed E-state index contributed by atoms with van der Waals surface area (Å²) in [5.41, 5.74) is 0.511. The third-order valence-corrected chi connectivity index (χ3v) is 3.22. The molecule has 23 heavy (non-hydrogen) atoms. The van der Waals surface area contributed by atoms with Crippen molar-refractivity contribution in [3.63, 3.8) is 0 Å². The van der Waals surface area contributed by atoms with Gasteiger partial charge in [0.15, 0.2) is 11.6 Å². The molecule has 0 aliphatic carbocycles. The number of aliphatic hydroxyl groups is 1. The second-order valence-electron chi connectivity index (χ2n) is 5.01. The Morgan fingerprint density at radius 2 is 1.70 bits per heavy atom. The zero-order valence-electron chi connectivity index (χ0n) is 12.2. The van der Waals surface area contributed by atoms with Crippen LogP contribution in [0.1, 0.15) is 18.6 Å². The maximum Gasteiger partial charge on any atom is 0.319 e. The number of nitrogens with one attached hydrogen (secondary N) is 2. The van der Waals surface area contributed by atoms with Gasteiger partial charge in [0, 0.05) is 11.8 Å². The number of halogens is 3. The molecule has 0 saturated heterocycles. The Morgan fingerprint density at radius 3 is 2.30 bits per heavy atom. The molecule has 0 aromatic heterocycles. The average molecular weight is 324 g/mol. The van der Waals surface area contributed by atoms with E-state index >= 15 is 0 Å². The molecule has 2 aromatic carbocycles.